The van der Waals surface area contributed by atoms with Gasteiger partial charge in [0, 0.05) is 19.4 Å². The minimum Gasteiger partial charge on any atom is -0.493 e. The number of hydrogen-bond donors (Lipinski definition) is 2. The van der Waals surface area contributed by atoms with Crippen molar-refractivity contribution in [2.24, 2.45) is 0 Å². The van der Waals surface area contributed by atoms with Crippen LogP contribution in [-0.4, -0.2) is 80.8 Å². The molecular weight excluding hydrogens is 606 g/mol. The highest BCUT2D eigenvalue weighted by Gasteiger charge is 2.33. The highest BCUT2D eigenvalue weighted by atomic mass is 16.6. The maximum atomic E-state index is 12.8. The molecule has 1 aliphatic rings. The third-order valence-electron chi connectivity index (χ3n) is 7.15. The second-order valence-electron chi connectivity index (χ2n) is 10.9. The zero-order chi connectivity index (χ0) is 34.6. The summed E-state index contributed by atoms with van der Waals surface area (Å²) in [6, 6.07) is 4.74. The van der Waals surface area contributed by atoms with Crippen molar-refractivity contribution >= 4 is 34.8 Å². The number of aliphatic hydroxyl groups excluding tert-OH is 1. The number of nitrogens with zero attached hydrogens (tertiary/aromatic N) is 3. The van der Waals surface area contributed by atoms with Gasteiger partial charge in [-0.15, -0.1) is 0 Å². The van der Waals surface area contributed by atoms with Gasteiger partial charge in [-0.3, -0.25) is 25.0 Å². The smallest absolute Gasteiger partial charge is 0.342 e. The van der Waals surface area contributed by atoms with Crippen LogP contribution >= 0.6 is 0 Å². The van der Waals surface area contributed by atoms with Crippen molar-refractivity contribution in [3.8, 4) is 11.5 Å². The summed E-state index contributed by atoms with van der Waals surface area (Å²) in [7, 11) is 0. The maximum Gasteiger partial charge on any atom is 0.342 e. The maximum absolute atomic E-state index is 12.8. The van der Waals surface area contributed by atoms with Crippen LogP contribution in [0.1, 0.15) is 84.2 Å². The molecule has 0 aliphatic carbocycles. The van der Waals surface area contributed by atoms with Crippen molar-refractivity contribution in [3.63, 3.8) is 0 Å². The van der Waals surface area contributed by atoms with Crippen LogP contribution in [0, 0.1) is 34.1 Å². The molecule has 15 heteroatoms. The first kappa shape index (κ1) is 37.3. The quantitative estimate of drug-likeness (QED) is 0.154. The van der Waals surface area contributed by atoms with Gasteiger partial charge in [-0.05, 0) is 76.6 Å². The molecule has 0 unspecified atom stereocenters. The molecule has 250 valence electrons. The number of rotatable bonds is 15. The van der Waals surface area contributed by atoms with Crippen molar-refractivity contribution in [2.45, 2.75) is 72.3 Å². The summed E-state index contributed by atoms with van der Waals surface area (Å²) >= 11 is 0. The topological polar surface area (TPSA) is 217 Å². The zero-order valence-electron chi connectivity index (χ0n) is 26.3. The van der Waals surface area contributed by atoms with Gasteiger partial charge < -0.3 is 34.2 Å². The fourth-order valence-electron chi connectivity index (χ4n) is 4.76. The minimum atomic E-state index is -1.36. The van der Waals surface area contributed by atoms with Gasteiger partial charge in [-0.2, -0.15) is 0 Å². The number of benzene rings is 2. The summed E-state index contributed by atoms with van der Waals surface area (Å²) in [5.74, 6) is -1.12. The zero-order valence-corrected chi connectivity index (χ0v) is 26.3. The van der Waals surface area contributed by atoms with E-state index in [0.717, 1.165) is 12.5 Å². The van der Waals surface area contributed by atoms with Gasteiger partial charge in [0.1, 0.15) is 34.2 Å². The Morgan fingerprint density at radius 3 is 1.72 bits per heavy atom. The van der Waals surface area contributed by atoms with Crippen molar-refractivity contribution in [1.82, 2.24) is 4.90 Å². The van der Waals surface area contributed by atoms with E-state index < -0.39 is 27.4 Å². The highest BCUT2D eigenvalue weighted by molar-refractivity contribution is 5.99. The summed E-state index contributed by atoms with van der Waals surface area (Å²) in [5.41, 5.74) is -0.0831. The van der Waals surface area contributed by atoms with Gasteiger partial charge in [0.15, 0.2) is 0 Å². The molecule has 1 atom stereocenters. The van der Waals surface area contributed by atoms with E-state index in [9.17, 15) is 44.5 Å². The van der Waals surface area contributed by atoms with Crippen molar-refractivity contribution in [3.05, 3.63) is 66.7 Å². The molecule has 0 spiro atoms. The van der Waals surface area contributed by atoms with E-state index in [1.165, 1.54) is 36.9 Å². The predicted octanol–water partition coefficient (Wildman–Crippen LogP) is 4.60. The third-order valence-corrected chi connectivity index (χ3v) is 7.15. The molecule has 0 radical (unpaired) electrons. The van der Waals surface area contributed by atoms with Crippen LogP contribution in [0.3, 0.4) is 0 Å². The third kappa shape index (κ3) is 10.6. The molecule has 2 aromatic carbocycles. The summed E-state index contributed by atoms with van der Waals surface area (Å²) in [6.07, 6.45) is 3.23. The van der Waals surface area contributed by atoms with Gasteiger partial charge in [0.25, 0.3) is 17.3 Å². The van der Waals surface area contributed by atoms with Crippen LogP contribution in [0.2, 0.25) is 0 Å². The first-order valence-corrected chi connectivity index (χ1v) is 14.7. The lowest BCUT2D eigenvalue weighted by atomic mass is 10.1. The number of Topliss-reactive ketones (excluding diaryl/α,β-unsaturated/α-hetero) is 2. The van der Waals surface area contributed by atoms with Crippen LogP contribution in [0.5, 0.6) is 11.5 Å². The van der Waals surface area contributed by atoms with E-state index in [-0.39, 0.29) is 60.0 Å². The largest absolute Gasteiger partial charge is 0.493 e. The number of ether oxygens (including phenoxy) is 2. The molecule has 1 aliphatic heterocycles. The molecular formula is C31H39N3O12. The van der Waals surface area contributed by atoms with Gasteiger partial charge in [-0.1, -0.05) is 0 Å². The lowest BCUT2D eigenvalue weighted by molar-refractivity contribution is -0.385. The van der Waals surface area contributed by atoms with Gasteiger partial charge in [-0.25, -0.2) is 4.79 Å². The Hall–Kier alpha value is -4.92. The number of hydrogen-bond acceptors (Lipinski definition) is 11. The van der Waals surface area contributed by atoms with E-state index >= 15 is 0 Å². The van der Waals surface area contributed by atoms with E-state index in [1.54, 1.807) is 13.8 Å². The van der Waals surface area contributed by atoms with Crippen molar-refractivity contribution in [1.29, 1.82) is 0 Å². The van der Waals surface area contributed by atoms with Crippen molar-refractivity contribution in [2.75, 3.05) is 26.4 Å². The number of carboxylic acids is 1. The Labute approximate surface area is 265 Å². The monoisotopic (exact) mass is 645 g/mol. The Kier molecular flexibility index (Phi) is 14.2. The van der Waals surface area contributed by atoms with E-state index in [1.807, 2.05) is 0 Å². The van der Waals surface area contributed by atoms with E-state index in [4.69, 9.17) is 14.6 Å². The van der Waals surface area contributed by atoms with Crippen LogP contribution in [-0.2, 0) is 9.59 Å². The van der Waals surface area contributed by atoms with E-state index in [0.29, 0.717) is 55.5 Å². The molecule has 1 saturated heterocycles. The number of aryl methyl sites for hydroxylation is 2. The number of aliphatic hydroxyl groups is 1. The highest BCUT2D eigenvalue weighted by Crippen LogP contribution is 2.32. The molecule has 0 aromatic heterocycles. The first-order chi connectivity index (χ1) is 21.7. The Morgan fingerprint density at radius 2 is 1.30 bits per heavy atom. The molecule has 3 rings (SSSR count). The lowest BCUT2D eigenvalue weighted by Crippen LogP contribution is -2.37. The number of nitro groups is 2. The summed E-state index contributed by atoms with van der Waals surface area (Å²) in [5, 5.41) is 40.6. The average molecular weight is 646 g/mol. The fraction of sp³-hybridized carbons (Fsp3) is 0.484. The van der Waals surface area contributed by atoms with Crippen LogP contribution in [0.4, 0.5) is 11.4 Å². The number of nitro benzene ring substituents is 2. The second kappa shape index (κ2) is 17.5. The summed E-state index contributed by atoms with van der Waals surface area (Å²) in [4.78, 5) is 67.9. The SMILES string of the molecule is CC(=O)CCCOc1cc([N+](=O)[O-])c(C(=O)N2CCC[C@H]2CO)cc1C.CC(=O)CCCOc1cc([N+](=O)[O-])c(C(=O)O)cc1C. The van der Waals surface area contributed by atoms with Crippen LogP contribution in [0.25, 0.3) is 0 Å². The van der Waals surface area contributed by atoms with Crippen LogP contribution in [0.15, 0.2) is 24.3 Å². The van der Waals surface area contributed by atoms with Gasteiger partial charge in [0.05, 0.1) is 47.8 Å². The molecule has 1 amide bonds. The summed E-state index contributed by atoms with van der Waals surface area (Å²) < 4.78 is 10.9. The molecule has 2 N–H and O–H groups in total. The molecule has 15 nitrogen and oxygen atoms in total. The molecule has 2 aromatic rings. The lowest BCUT2D eigenvalue weighted by Gasteiger charge is -2.23. The second-order valence-corrected chi connectivity index (χ2v) is 10.9. The fourth-order valence-corrected chi connectivity index (χ4v) is 4.76. The number of likely N-dealkylation sites (tertiary alicyclic amines) is 1. The van der Waals surface area contributed by atoms with Gasteiger partial charge in [0.2, 0.25) is 0 Å². The Morgan fingerprint density at radius 1 is 0.848 bits per heavy atom. The number of carbonyl (C=O) groups is 4. The van der Waals surface area contributed by atoms with Crippen molar-refractivity contribution < 1.29 is 48.7 Å². The predicted molar refractivity (Wildman–Crippen MR) is 165 cm³/mol. The summed E-state index contributed by atoms with van der Waals surface area (Å²) in [6.45, 7) is 7.12. The van der Waals surface area contributed by atoms with Crippen LogP contribution < -0.4 is 9.47 Å². The normalized spacial score (nSPS) is 13.8. The molecule has 1 fully saturated rings. The first-order valence-electron chi connectivity index (χ1n) is 14.7. The molecule has 1 heterocycles. The standard InChI is InChI=1S/C18H24N2O6.C13H15NO6/c1-12-9-15(18(23)19-7-3-6-14(19)11-21)16(20(24)25)10-17(12)26-8-4-5-13(2)22;1-8-6-10(13(16)17)11(14(18)19)7-12(8)20-5-3-4-9(2)15/h9-10,14,21H,3-8,11H2,1-2H3;6-7H,3-5H2,1-2H3,(H,16,17)/t14-;/m0./s1. The molecule has 0 saturated carbocycles. The minimum absolute atomic E-state index is 0.00364. The molecule has 46 heavy (non-hydrogen) atoms. The Balaban J connectivity index is 0.000000332. The number of ketones is 2. The number of carboxylic acid groups (broad SMARTS) is 1. The van der Waals surface area contributed by atoms with E-state index in [2.05, 4.69) is 0 Å². The Bertz CT molecular complexity index is 1470. The number of amides is 1. The number of carbonyl (C=O) groups excluding carboxylic acids is 3. The number of aromatic carboxylic acids is 1. The molecule has 0 bridgehead atoms. The van der Waals surface area contributed by atoms with Gasteiger partial charge >= 0.3 is 5.97 Å². The average Bonchev–Trinajstić information content (AvgIpc) is 3.47.